The molecule has 0 bridgehead atoms. The molecule has 0 saturated carbocycles. The molecule has 114 valence electrons. The van der Waals surface area contributed by atoms with Crippen LogP contribution in [0.3, 0.4) is 0 Å². The van der Waals surface area contributed by atoms with Crippen molar-refractivity contribution >= 4 is 0 Å². The van der Waals surface area contributed by atoms with Gasteiger partial charge in [0.05, 0.1) is 16.7 Å². The second-order valence-corrected chi connectivity index (χ2v) is 7.36. The van der Waals surface area contributed by atoms with Gasteiger partial charge in [-0.2, -0.15) is 0 Å². The van der Waals surface area contributed by atoms with Crippen molar-refractivity contribution in [1.29, 1.82) is 0 Å². The average Bonchev–Trinajstić information content (AvgIpc) is 2.42. The molecule has 1 saturated heterocycles. The minimum Gasteiger partial charge on any atom is -0.368 e. The van der Waals surface area contributed by atoms with E-state index in [0.29, 0.717) is 6.54 Å². The van der Waals surface area contributed by atoms with Crippen molar-refractivity contribution in [2.24, 2.45) is 5.73 Å². The molecule has 0 aliphatic carbocycles. The molecule has 0 spiro atoms. The van der Waals surface area contributed by atoms with Gasteiger partial charge in [-0.05, 0) is 74.8 Å². The lowest BCUT2D eigenvalue weighted by Gasteiger charge is -2.46. The normalized spacial score (nSPS) is 29.4. The monoisotopic (exact) mass is 271 g/mol. The van der Waals surface area contributed by atoms with E-state index in [1.165, 1.54) is 0 Å². The third kappa shape index (κ3) is 3.48. The Bertz CT molecular complexity index is 302. The lowest BCUT2D eigenvalue weighted by atomic mass is 9.77. The highest BCUT2D eigenvalue weighted by Crippen LogP contribution is 2.47. The summed E-state index contributed by atoms with van der Waals surface area (Å²) in [6, 6.07) is 0. The first kappa shape index (κ1) is 16.9. The summed E-state index contributed by atoms with van der Waals surface area (Å²) in [4.78, 5) is 4.65. The number of nitrogens with two attached hydrogens (primary N) is 1. The van der Waals surface area contributed by atoms with Gasteiger partial charge in [0.2, 0.25) is 0 Å². The van der Waals surface area contributed by atoms with E-state index in [9.17, 15) is 0 Å². The Morgan fingerprint density at radius 1 is 1.05 bits per heavy atom. The Labute approximate surface area is 119 Å². The Morgan fingerprint density at radius 2 is 1.63 bits per heavy atom. The first-order chi connectivity index (χ1) is 8.56. The van der Waals surface area contributed by atoms with E-state index in [4.69, 9.17) is 10.5 Å². The fraction of sp³-hybridized carbons (Fsp3) is 1.00. The van der Waals surface area contributed by atoms with Gasteiger partial charge < -0.3 is 15.4 Å². The fourth-order valence-corrected chi connectivity index (χ4v) is 3.65. The van der Waals surface area contributed by atoms with E-state index in [1.54, 1.807) is 0 Å². The maximum absolute atomic E-state index is 6.26. The highest BCUT2D eigenvalue weighted by atomic mass is 16.5. The first-order valence-corrected chi connectivity index (χ1v) is 7.32. The Hall–Kier alpha value is -0.160. The highest BCUT2D eigenvalue weighted by Gasteiger charge is 2.58. The van der Waals surface area contributed by atoms with Gasteiger partial charge in [0, 0.05) is 6.54 Å². The van der Waals surface area contributed by atoms with Crippen molar-refractivity contribution in [2.45, 2.75) is 57.3 Å². The number of likely N-dealkylation sites (N-methyl/N-ethyl adjacent to an activating group) is 1. The molecule has 0 amide bonds. The maximum atomic E-state index is 6.26. The molecular formula is C15H33N3O. The van der Waals surface area contributed by atoms with Crippen LogP contribution in [0.15, 0.2) is 0 Å². The molecule has 1 unspecified atom stereocenters. The molecule has 1 fully saturated rings. The van der Waals surface area contributed by atoms with Gasteiger partial charge in [-0.25, -0.2) is 0 Å². The molecule has 1 rings (SSSR count). The minimum absolute atomic E-state index is 0.0667. The summed E-state index contributed by atoms with van der Waals surface area (Å²) >= 11 is 0. The van der Waals surface area contributed by atoms with Crippen LogP contribution >= 0.6 is 0 Å². The second-order valence-electron chi connectivity index (χ2n) is 7.36. The van der Waals surface area contributed by atoms with Crippen LogP contribution in [0.25, 0.3) is 0 Å². The van der Waals surface area contributed by atoms with Gasteiger partial charge in [-0.15, -0.1) is 0 Å². The maximum Gasteiger partial charge on any atom is 0.0829 e. The predicted octanol–water partition coefficient (Wildman–Crippen LogP) is 1.54. The third-order valence-electron chi connectivity index (χ3n) is 4.54. The van der Waals surface area contributed by atoms with E-state index >= 15 is 0 Å². The number of ether oxygens (including phenoxy) is 1. The topological polar surface area (TPSA) is 41.7 Å². The van der Waals surface area contributed by atoms with Gasteiger partial charge >= 0.3 is 0 Å². The summed E-state index contributed by atoms with van der Waals surface area (Å²) in [6.07, 6.45) is 2.14. The van der Waals surface area contributed by atoms with Gasteiger partial charge in [0.15, 0.2) is 0 Å². The van der Waals surface area contributed by atoms with Crippen molar-refractivity contribution in [3.63, 3.8) is 0 Å². The molecule has 1 atom stereocenters. The van der Waals surface area contributed by atoms with Crippen LogP contribution in [0.5, 0.6) is 0 Å². The number of nitrogens with zero attached hydrogens (tertiary/aromatic N) is 2. The Kier molecular flexibility index (Phi) is 5.05. The van der Waals surface area contributed by atoms with Crippen LogP contribution < -0.4 is 5.73 Å². The number of hydrogen-bond acceptors (Lipinski definition) is 4. The molecule has 1 aliphatic heterocycles. The zero-order valence-electron chi connectivity index (χ0n) is 13.9. The minimum atomic E-state index is -0.210. The summed E-state index contributed by atoms with van der Waals surface area (Å²) in [5.41, 5.74) is 5.79. The number of rotatable bonds is 6. The molecule has 19 heavy (non-hydrogen) atoms. The molecule has 0 aromatic carbocycles. The molecule has 0 radical (unpaired) electrons. The van der Waals surface area contributed by atoms with Crippen LogP contribution in [0.2, 0.25) is 0 Å². The molecule has 1 aliphatic rings. The predicted molar refractivity (Wildman–Crippen MR) is 81.4 cm³/mol. The standard InChI is InChI=1S/C15H33N3O/c1-13(2)11-15(12-16,14(3,4)19-13)18(7)10-8-9-17(5)6/h8-12,16H2,1-7H3. The van der Waals surface area contributed by atoms with E-state index in [0.717, 1.165) is 25.9 Å². The lowest BCUT2D eigenvalue weighted by Crippen LogP contribution is -2.62. The summed E-state index contributed by atoms with van der Waals surface area (Å²) in [6.45, 7) is 11.5. The van der Waals surface area contributed by atoms with Crippen molar-refractivity contribution in [3.8, 4) is 0 Å². The Balaban J connectivity index is 2.79. The smallest absolute Gasteiger partial charge is 0.0829 e. The van der Waals surface area contributed by atoms with Crippen molar-refractivity contribution in [2.75, 3.05) is 40.8 Å². The van der Waals surface area contributed by atoms with Gasteiger partial charge in [0.1, 0.15) is 0 Å². The van der Waals surface area contributed by atoms with E-state index in [2.05, 4.69) is 58.6 Å². The Morgan fingerprint density at radius 3 is 2.00 bits per heavy atom. The van der Waals surface area contributed by atoms with E-state index < -0.39 is 0 Å². The van der Waals surface area contributed by atoms with Crippen molar-refractivity contribution < 1.29 is 4.74 Å². The molecule has 1 heterocycles. The van der Waals surface area contributed by atoms with Crippen molar-refractivity contribution in [3.05, 3.63) is 0 Å². The molecule has 0 aromatic rings. The summed E-state index contributed by atoms with van der Waals surface area (Å²) < 4.78 is 6.26. The molecular weight excluding hydrogens is 238 g/mol. The average molecular weight is 271 g/mol. The second kappa shape index (κ2) is 5.68. The summed E-state index contributed by atoms with van der Waals surface area (Å²) in [5, 5.41) is 0. The van der Waals surface area contributed by atoms with Gasteiger partial charge in [-0.1, -0.05) is 0 Å². The number of hydrogen-bond donors (Lipinski definition) is 1. The van der Waals surface area contributed by atoms with Crippen LogP contribution in [-0.4, -0.2) is 67.3 Å². The molecule has 4 nitrogen and oxygen atoms in total. The molecule has 4 heteroatoms. The highest BCUT2D eigenvalue weighted by molar-refractivity contribution is 5.12. The summed E-state index contributed by atoms with van der Waals surface area (Å²) in [5.74, 6) is 0. The van der Waals surface area contributed by atoms with Crippen LogP contribution in [0.4, 0.5) is 0 Å². The zero-order valence-corrected chi connectivity index (χ0v) is 13.9. The quantitative estimate of drug-likeness (QED) is 0.796. The lowest BCUT2D eigenvalue weighted by molar-refractivity contribution is -0.100. The summed E-state index contributed by atoms with van der Waals surface area (Å²) in [7, 11) is 6.42. The fourth-order valence-electron chi connectivity index (χ4n) is 3.65. The van der Waals surface area contributed by atoms with Crippen LogP contribution in [0.1, 0.15) is 40.5 Å². The SMILES string of the molecule is CN(C)CCCN(C)C1(CN)CC(C)(C)OC1(C)C. The van der Waals surface area contributed by atoms with E-state index in [1.807, 2.05) is 0 Å². The first-order valence-electron chi connectivity index (χ1n) is 7.32. The molecule has 2 N–H and O–H groups in total. The molecule has 0 aromatic heterocycles. The van der Waals surface area contributed by atoms with Crippen molar-refractivity contribution in [1.82, 2.24) is 9.80 Å². The van der Waals surface area contributed by atoms with Gasteiger partial charge in [0.25, 0.3) is 0 Å². The van der Waals surface area contributed by atoms with Crippen LogP contribution in [0, 0.1) is 0 Å². The van der Waals surface area contributed by atoms with Gasteiger partial charge in [-0.3, -0.25) is 4.90 Å². The largest absolute Gasteiger partial charge is 0.368 e. The third-order valence-corrected chi connectivity index (χ3v) is 4.54. The van der Waals surface area contributed by atoms with E-state index in [-0.39, 0.29) is 16.7 Å². The van der Waals surface area contributed by atoms with Crippen LogP contribution in [-0.2, 0) is 4.74 Å². The zero-order chi connectivity index (χ0) is 14.9.